The maximum absolute atomic E-state index is 6.69. The molecule has 0 atom stereocenters. The van der Waals surface area contributed by atoms with E-state index < -0.39 is 0 Å². The van der Waals surface area contributed by atoms with Crippen LogP contribution in [0.25, 0.3) is 76.9 Å². The third-order valence-corrected chi connectivity index (χ3v) is 9.24. The average Bonchev–Trinajstić information content (AvgIpc) is 3.52. The van der Waals surface area contributed by atoms with Gasteiger partial charge in [0.25, 0.3) is 0 Å². The van der Waals surface area contributed by atoms with Crippen molar-refractivity contribution >= 4 is 54.6 Å². The minimum Gasteiger partial charge on any atom is -0.488 e. The van der Waals surface area contributed by atoms with Crippen molar-refractivity contribution in [1.29, 1.82) is 0 Å². The van der Waals surface area contributed by atoms with Crippen molar-refractivity contribution in [2.24, 2.45) is 0 Å². The molecule has 9 rings (SSSR count). The van der Waals surface area contributed by atoms with Crippen molar-refractivity contribution in [3.8, 4) is 28.0 Å². The molecule has 47 heavy (non-hydrogen) atoms. The maximum Gasteiger partial charge on any atom is 0.147 e. The Morgan fingerprint density at radius 3 is 1.94 bits per heavy atom. The highest BCUT2D eigenvalue weighted by atomic mass is 16.5. The first-order valence-corrected chi connectivity index (χ1v) is 16.0. The summed E-state index contributed by atoms with van der Waals surface area (Å²) in [6, 6.07) is 49.3. The van der Waals surface area contributed by atoms with Crippen molar-refractivity contribution in [1.82, 2.24) is 0 Å². The molecule has 222 valence electrons. The molecular formula is C45H30O2. The molecule has 0 N–H and O–H groups in total. The monoisotopic (exact) mass is 602 g/mol. The van der Waals surface area contributed by atoms with E-state index in [2.05, 4.69) is 158 Å². The van der Waals surface area contributed by atoms with Gasteiger partial charge in [0.1, 0.15) is 23.5 Å². The lowest BCUT2D eigenvalue weighted by molar-refractivity contribution is 0.363. The van der Waals surface area contributed by atoms with Crippen molar-refractivity contribution < 1.29 is 9.15 Å². The highest BCUT2D eigenvalue weighted by Crippen LogP contribution is 2.47. The number of allylic oxidation sites excluding steroid dienone is 4. The Labute approximate surface area is 273 Å². The largest absolute Gasteiger partial charge is 0.488 e. The van der Waals surface area contributed by atoms with Crippen LogP contribution in [0.3, 0.4) is 0 Å². The molecule has 0 saturated heterocycles. The zero-order chi connectivity index (χ0) is 31.3. The quantitative estimate of drug-likeness (QED) is 0.201. The summed E-state index contributed by atoms with van der Waals surface area (Å²) >= 11 is 0. The summed E-state index contributed by atoms with van der Waals surface area (Å²) in [5.41, 5.74) is 10.0. The molecule has 0 saturated carbocycles. The van der Waals surface area contributed by atoms with Crippen LogP contribution in [0.15, 0.2) is 169 Å². The minimum atomic E-state index is 0.420. The van der Waals surface area contributed by atoms with Crippen LogP contribution in [0.2, 0.25) is 0 Å². The van der Waals surface area contributed by atoms with E-state index in [9.17, 15) is 0 Å². The molecule has 2 heteroatoms. The van der Waals surface area contributed by atoms with E-state index >= 15 is 0 Å². The molecule has 0 spiro atoms. The van der Waals surface area contributed by atoms with Crippen molar-refractivity contribution in [2.45, 2.75) is 0 Å². The summed E-state index contributed by atoms with van der Waals surface area (Å²) in [6.07, 6.45) is 6.40. The summed E-state index contributed by atoms with van der Waals surface area (Å²) in [7, 11) is 0. The molecule has 8 aromatic rings. The summed E-state index contributed by atoms with van der Waals surface area (Å²) < 4.78 is 13.3. The second-order valence-electron chi connectivity index (χ2n) is 12.1. The van der Waals surface area contributed by atoms with Gasteiger partial charge in [-0.05, 0) is 97.4 Å². The van der Waals surface area contributed by atoms with Crippen LogP contribution in [0.5, 0.6) is 5.75 Å². The Morgan fingerprint density at radius 1 is 0.532 bits per heavy atom. The Kier molecular flexibility index (Phi) is 6.39. The predicted molar refractivity (Wildman–Crippen MR) is 198 cm³/mol. The molecule has 1 aliphatic rings. The van der Waals surface area contributed by atoms with Crippen molar-refractivity contribution in [3.05, 3.63) is 175 Å². The van der Waals surface area contributed by atoms with E-state index in [-0.39, 0.29) is 0 Å². The second-order valence-corrected chi connectivity index (χ2v) is 12.1. The number of benzene rings is 7. The van der Waals surface area contributed by atoms with Gasteiger partial charge in [-0.3, -0.25) is 0 Å². The molecule has 0 fully saturated rings. The molecule has 1 aliphatic heterocycles. The van der Waals surface area contributed by atoms with Gasteiger partial charge < -0.3 is 9.15 Å². The Bertz CT molecular complexity index is 2580. The number of fused-ring (bicyclic) bond motifs is 6. The van der Waals surface area contributed by atoms with Gasteiger partial charge in [-0.15, -0.1) is 0 Å². The van der Waals surface area contributed by atoms with Gasteiger partial charge >= 0.3 is 0 Å². The van der Waals surface area contributed by atoms with Crippen molar-refractivity contribution in [3.63, 3.8) is 0 Å². The molecule has 7 aromatic carbocycles. The fourth-order valence-electron chi connectivity index (χ4n) is 6.87. The molecule has 1 aromatic heterocycles. The second kappa shape index (κ2) is 11.0. The highest BCUT2D eigenvalue weighted by Gasteiger charge is 2.23. The molecule has 0 bridgehead atoms. The van der Waals surface area contributed by atoms with Crippen LogP contribution in [0.4, 0.5) is 0 Å². The Balaban J connectivity index is 1.26. The van der Waals surface area contributed by atoms with E-state index in [1.165, 1.54) is 27.1 Å². The predicted octanol–water partition coefficient (Wildman–Crippen LogP) is 12.3. The van der Waals surface area contributed by atoms with E-state index in [0.29, 0.717) is 6.61 Å². The fraction of sp³-hybridized carbons (Fsp3) is 0.0222. The van der Waals surface area contributed by atoms with Crippen LogP contribution in [-0.2, 0) is 0 Å². The molecular weight excluding hydrogens is 572 g/mol. The summed E-state index contributed by atoms with van der Waals surface area (Å²) in [5.74, 6) is 0.781. The van der Waals surface area contributed by atoms with Crippen LogP contribution in [0, 0.1) is 0 Å². The lowest BCUT2D eigenvalue weighted by Crippen LogP contribution is -1.99. The Morgan fingerprint density at radius 2 is 1.17 bits per heavy atom. The summed E-state index contributed by atoms with van der Waals surface area (Å²) in [6.45, 7) is 5.04. The number of furan rings is 1. The van der Waals surface area contributed by atoms with E-state index in [1.807, 2.05) is 6.07 Å². The number of hydrogen-bond donors (Lipinski definition) is 0. The first-order valence-electron chi connectivity index (χ1n) is 16.0. The number of hydrogen-bond acceptors (Lipinski definition) is 2. The summed E-state index contributed by atoms with van der Waals surface area (Å²) in [4.78, 5) is 0. The molecule has 2 nitrogen and oxygen atoms in total. The average molecular weight is 603 g/mol. The first kappa shape index (κ1) is 27.2. The topological polar surface area (TPSA) is 22.4 Å². The third-order valence-electron chi connectivity index (χ3n) is 9.24. The summed E-state index contributed by atoms with van der Waals surface area (Å²) in [5, 5.41) is 7.00. The van der Waals surface area contributed by atoms with Gasteiger partial charge in [0.15, 0.2) is 0 Å². The first-order chi connectivity index (χ1) is 23.2. The zero-order valence-electron chi connectivity index (χ0n) is 25.7. The van der Waals surface area contributed by atoms with Gasteiger partial charge in [0.2, 0.25) is 0 Å². The zero-order valence-corrected chi connectivity index (χ0v) is 25.7. The van der Waals surface area contributed by atoms with Crippen molar-refractivity contribution in [2.75, 3.05) is 6.61 Å². The van der Waals surface area contributed by atoms with Gasteiger partial charge in [-0.2, -0.15) is 0 Å². The normalized spacial score (nSPS) is 15.1. The van der Waals surface area contributed by atoms with Gasteiger partial charge in [0.05, 0.1) is 5.56 Å². The van der Waals surface area contributed by atoms with Crippen LogP contribution in [-0.4, -0.2) is 6.61 Å². The Hall–Kier alpha value is -6.12. The molecule has 0 aliphatic carbocycles. The lowest BCUT2D eigenvalue weighted by Gasteiger charge is -2.16. The smallest absolute Gasteiger partial charge is 0.147 e. The molecule has 0 amide bonds. The van der Waals surface area contributed by atoms with Gasteiger partial charge in [-0.1, -0.05) is 122 Å². The van der Waals surface area contributed by atoms with E-state index in [4.69, 9.17) is 9.15 Å². The standard InChI is InChI=1S/C45H30O2/c1-29-24-33(36-19-17-30-10-5-7-14-34(30)25-36)16-9-23-46-44-39(29)28-41-40-27-38(37-20-18-31-11-6-8-15-35(31)26-37)21-22-42(40)47-45(41)43(44)32-12-3-2-4-13-32/h2-22,24-28H,1,23H2/b16-9-,33-24+. The highest BCUT2D eigenvalue weighted by molar-refractivity contribution is 6.14. The fourth-order valence-corrected chi connectivity index (χ4v) is 6.87. The van der Waals surface area contributed by atoms with Crippen LogP contribution in [0.1, 0.15) is 11.1 Å². The molecule has 0 radical (unpaired) electrons. The van der Waals surface area contributed by atoms with Crippen LogP contribution < -0.4 is 4.74 Å². The SMILES string of the molecule is C=C1/C=C(c2ccc3ccccc3c2)\C=C/COc2c1cc1c(oc3ccc(-c4ccc5ccccc5c4)cc31)c2-c1ccccc1. The third kappa shape index (κ3) is 4.74. The van der Waals surface area contributed by atoms with E-state index in [1.54, 1.807) is 0 Å². The number of ether oxygens (including phenoxy) is 1. The molecule has 0 unspecified atom stereocenters. The molecule has 2 heterocycles. The van der Waals surface area contributed by atoms with E-state index in [0.717, 1.165) is 66.7 Å². The lowest BCUT2D eigenvalue weighted by atomic mass is 9.92. The minimum absolute atomic E-state index is 0.420. The van der Waals surface area contributed by atoms with Gasteiger partial charge in [0, 0.05) is 16.3 Å². The van der Waals surface area contributed by atoms with Gasteiger partial charge in [-0.25, -0.2) is 0 Å². The maximum atomic E-state index is 6.69. The number of rotatable bonds is 3. The van der Waals surface area contributed by atoms with Crippen LogP contribution >= 0.6 is 0 Å².